The van der Waals surface area contributed by atoms with Crippen LogP contribution in [-0.2, 0) is 9.59 Å². The predicted molar refractivity (Wildman–Crippen MR) is 67.1 cm³/mol. The third-order valence-corrected chi connectivity index (χ3v) is 3.95. The maximum absolute atomic E-state index is 11.6. The molecular formula is C13H22N2O3. The summed E-state index contributed by atoms with van der Waals surface area (Å²) in [5.74, 6) is -0.145. The second-order valence-electron chi connectivity index (χ2n) is 5.51. The quantitative estimate of drug-likeness (QED) is 0.622. The van der Waals surface area contributed by atoms with Crippen molar-refractivity contribution in [2.24, 2.45) is 17.8 Å². The average Bonchev–Trinajstić information content (AvgIpc) is 3.02. The van der Waals surface area contributed by atoms with Gasteiger partial charge in [-0.05, 0) is 44.1 Å². The van der Waals surface area contributed by atoms with Crippen LogP contribution in [0.3, 0.4) is 0 Å². The lowest BCUT2D eigenvalue weighted by atomic mass is 9.96. The zero-order chi connectivity index (χ0) is 13.0. The largest absolute Gasteiger partial charge is 0.481 e. The fourth-order valence-corrected chi connectivity index (χ4v) is 2.63. The summed E-state index contributed by atoms with van der Waals surface area (Å²) in [6, 6.07) is 0. The molecule has 18 heavy (non-hydrogen) atoms. The Morgan fingerprint density at radius 2 is 1.89 bits per heavy atom. The summed E-state index contributed by atoms with van der Waals surface area (Å²) in [6.45, 7) is 1.77. The Morgan fingerprint density at radius 3 is 2.56 bits per heavy atom. The van der Waals surface area contributed by atoms with E-state index in [1.165, 1.54) is 12.8 Å². The molecule has 0 radical (unpaired) electrons. The smallest absolute Gasteiger partial charge is 0.306 e. The van der Waals surface area contributed by atoms with Crippen LogP contribution < -0.4 is 10.6 Å². The predicted octanol–water partition coefficient (Wildman–Crippen LogP) is 0.603. The minimum absolute atomic E-state index is 0.0216. The zero-order valence-electron chi connectivity index (χ0n) is 10.7. The first kappa shape index (κ1) is 13.3. The van der Waals surface area contributed by atoms with Crippen molar-refractivity contribution in [3.05, 3.63) is 0 Å². The van der Waals surface area contributed by atoms with Gasteiger partial charge in [0.25, 0.3) is 0 Å². The number of carbonyl (C=O) groups excluding carboxylic acids is 1. The Morgan fingerprint density at radius 1 is 1.11 bits per heavy atom. The van der Waals surface area contributed by atoms with Crippen molar-refractivity contribution in [1.29, 1.82) is 0 Å². The van der Waals surface area contributed by atoms with Gasteiger partial charge in [0.2, 0.25) is 5.91 Å². The van der Waals surface area contributed by atoms with Gasteiger partial charge >= 0.3 is 5.97 Å². The molecule has 2 aliphatic rings. The van der Waals surface area contributed by atoms with Crippen LogP contribution in [0.4, 0.5) is 0 Å². The molecule has 2 atom stereocenters. The number of carbonyl (C=O) groups is 2. The molecule has 102 valence electrons. The number of nitrogens with one attached hydrogen (secondary N) is 2. The maximum Gasteiger partial charge on any atom is 0.306 e. The monoisotopic (exact) mass is 254 g/mol. The van der Waals surface area contributed by atoms with Gasteiger partial charge in [0.1, 0.15) is 0 Å². The molecule has 0 heterocycles. The Bertz CT molecular complexity index is 315. The molecule has 2 fully saturated rings. The molecule has 0 bridgehead atoms. The number of rotatable bonds is 7. The van der Waals surface area contributed by atoms with Crippen molar-refractivity contribution in [2.75, 3.05) is 19.6 Å². The van der Waals surface area contributed by atoms with E-state index in [0.717, 1.165) is 31.7 Å². The highest BCUT2D eigenvalue weighted by Gasteiger charge is 2.32. The molecule has 0 spiro atoms. The second-order valence-corrected chi connectivity index (χ2v) is 5.51. The summed E-state index contributed by atoms with van der Waals surface area (Å²) in [5.41, 5.74) is 0. The molecule has 2 unspecified atom stereocenters. The van der Waals surface area contributed by atoms with Crippen molar-refractivity contribution >= 4 is 11.9 Å². The molecule has 2 rings (SSSR count). The van der Waals surface area contributed by atoms with Gasteiger partial charge in [-0.3, -0.25) is 9.59 Å². The van der Waals surface area contributed by atoms with Crippen molar-refractivity contribution < 1.29 is 14.7 Å². The van der Waals surface area contributed by atoms with Crippen molar-refractivity contribution in [2.45, 2.75) is 32.1 Å². The molecular weight excluding hydrogens is 232 g/mol. The Labute approximate surface area is 107 Å². The molecule has 0 aromatic rings. The summed E-state index contributed by atoms with van der Waals surface area (Å²) < 4.78 is 0. The molecule has 1 amide bonds. The number of amides is 1. The Balaban J connectivity index is 1.60. The highest BCUT2D eigenvalue weighted by atomic mass is 16.4. The third kappa shape index (κ3) is 3.98. The minimum Gasteiger partial charge on any atom is -0.481 e. The Hall–Kier alpha value is -1.10. The van der Waals surface area contributed by atoms with E-state index in [1.54, 1.807) is 0 Å². The topological polar surface area (TPSA) is 78.4 Å². The lowest BCUT2D eigenvalue weighted by Crippen LogP contribution is -2.38. The third-order valence-electron chi connectivity index (χ3n) is 3.95. The number of carboxylic acids is 1. The lowest BCUT2D eigenvalue weighted by molar-refractivity contribution is -0.143. The van der Waals surface area contributed by atoms with Crippen LogP contribution in [-0.4, -0.2) is 36.6 Å². The normalized spacial score (nSPS) is 27.1. The molecule has 0 aliphatic heterocycles. The van der Waals surface area contributed by atoms with Crippen LogP contribution in [0.2, 0.25) is 0 Å². The maximum atomic E-state index is 11.6. The minimum atomic E-state index is -0.724. The fraction of sp³-hybridized carbons (Fsp3) is 0.846. The number of hydrogen-bond donors (Lipinski definition) is 3. The first-order valence-electron chi connectivity index (χ1n) is 6.87. The first-order chi connectivity index (χ1) is 8.66. The molecule has 5 nitrogen and oxygen atoms in total. The van der Waals surface area contributed by atoms with Gasteiger partial charge in [-0.1, -0.05) is 6.42 Å². The molecule has 2 saturated carbocycles. The van der Waals surface area contributed by atoms with Gasteiger partial charge in [0.05, 0.1) is 12.5 Å². The van der Waals surface area contributed by atoms with Crippen LogP contribution in [0.25, 0.3) is 0 Å². The highest BCUT2D eigenvalue weighted by Crippen LogP contribution is 2.31. The van der Waals surface area contributed by atoms with Crippen LogP contribution >= 0.6 is 0 Å². The first-order valence-corrected chi connectivity index (χ1v) is 6.87. The van der Waals surface area contributed by atoms with E-state index in [-0.39, 0.29) is 17.7 Å². The van der Waals surface area contributed by atoms with Gasteiger partial charge in [-0.15, -0.1) is 0 Å². The van der Waals surface area contributed by atoms with Gasteiger partial charge in [0.15, 0.2) is 0 Å². The van der Waals surface area contributed by atoms with Crippen LogP contribution in [0.15, 0.2) is 0 Å². The standard InChI is InChI=1S/C13H22N2O3/c16-12(8-14-6-9-4-5-9)15-7-10-2-1-3-11(10)13(17)18/h9-11,14H,1-8H2,(H,15,16)(H,17,18). The second kappa shape index (κ2) is 6.18. The van der Waals surface area contributed by atoms with Gasteiger partial charge < -0.3 is 15.7 Å². The van der Waals surface area contributed by atoms with Crippen LogP contribution in [0.5, 0.6) is 0 Å². The molecule has 0 saturated heterocycles. The summed E-state index contributed by atoms with van der Waals surface area (Å²) in [7, 11) is 0. The Kier molecular flexibility index (Phi) is 4.58. The average molecular weight is 254 g/mol. The fourth-order valence-electron chi connectivity index (χ4n) is 2.63. The number of hydrogen-bond acceptors (Lipinski definition) is 3. The zero-order valence-corrected chi connectivity index (χ0v) is 10.7. The van der Waals surface area contributed by atoms with E-state index in [1.807, 2.05) is 0 Å². The van der Waals surface area contributed by atoms with E-state index in [0.29, 0.717) is 13.1 Å². The van der Waals surface area contributed by atoms with E-state index in [4.69, 9.17) is 5.11 Å². The van der Waals surface area contributed by atoms with Gasteiger partial charge in [0, 0.05) is 6.54 Å². The molecule has 5 heteroatoms. The van der Waals surface area contributed by atoms with Crippen LogP contribution in [0, 0.1) is 17.8 Å². The number of aliphatic carboxylic acids is 1. The summed E-state index contributed by atoms with van der Waals surface area (Å²) in [4.78, 5) is 22.5. The van der Waals surface area contributed by atoms with E-state index in [2.05, 4.69) is 10.6 Å². The number of carboxylic acid groups (broad SMARTS) is 1. The van der Waals surface area contributed by atoms with Crippen molar-refractivity contribution in [1.82, 2.24) is 10.6 Å². The molecule has 0 aromatic carbocycles. The molecule has 0 aromatic heterocycles. The summed E-state index contributed by atoms with van der Waals surface area (Å²) in [6.07, 6.45) is 5.16. The van der Waals surface area contributed by atoms with E-state index >= 15 is 0 Å². The summed E-state index contributed by atoms with van der Waals surface area (Å²) in [5, 5.41) is 15.0. The SMILES string of the molecule is O=C(CNCC1CC1)NCC1CCCC1C(=O)O. The molecule has 2 aliphatic carbocycles. The molecule has 3 N–H and O–H groups in total. The van der Waals surface area contributed by atoms with Crippen LogP contribution in [0.1, 0.15) is 32.1 Å². The highest BCUT2D eigenvalue weighted by molar-refractivity contribution is 5.78. The summed E-state index contributed by atoms with van der Waals surface area (Å²) >= 11 is 0. The van der Waals surface area contributed by atoms with Gasteiger partial charge in [-0.25, -0.2) is 0 Å². The van der Waals surface area contributed by atoms with Crippen molar-refractivity contribution in [3.63, 3.8) is 0 Å². The van der Waals surface area contributed by atoms with Crippen molar-refractivity contribution in [3.8, 4) is 0 Å². The lowest BCUT2D eigenvalue weighted by Gasteiger charge is -2.16. The van der Waals surface area contributed by atoms with Gasteiger partial charge in [-0.2, -0.15) is 0 Å². The van der Waals surface area contributed by atoms with E-state index in [9.17, 15) is 9.59 Å². The van der Waals surface area contributed by atoms with E-state index < -0.39 is 5.97 Å².